The van der Waals surface area contributed by atoms with Crippen LogP contribution in [0, 0.1) is 17.3 Å². The summed E-state index contributed by atoms with van der Waals surface area (Å²) < 4.78 is 75.1. The van der Waals surface area contributed by atoms with E-state index in [1.165, 1.54) is 14.7 Å². The molecule has 3 aromatic carbocycles. The lowest BCUT2D eigenvalue weighted by Gasteiger charge is -2.58. The number of ether oxygens (including phenoxy) is 1. The number of carbonyl (C=O) groups excluding carboxylic acids is 1. The lowest BCUT2D eigenvalue weighted by molar-refractivity contribution is -0.195. The van der Waals surface area contributed by atoms with Crippen LogP contribution in [0.2, 0.25) is 0 Å². The summed E-state index contributed by atoms with van der Waals surface area (Å²) in [7, 11) is -6.21. The molecular weight excluding hydrogens is 613 g/mol. The van der Waals surface area contributed by atoms with Crippen molar-refractivity contribution < 1.29 is 40.8 Å². The molecule has 0 radical (unpaired) electrons. The van der Waals surface area contributed by atoms with E-state index in [4.69, 9.17) is 4.74 Å². The molecule has 44 heavy (non-hydrogen) atoms. The Labute approximate surface area is 258 Å². The molecule has 4 bridgehead atoms. The minimum absolute atomic E-state index is 0.0146. The van der Waals surface area contributed by atoms with Crippen molar-refractivity contribution >= 4 is 27.0 Å². The van der Waals surface area contributed by atoms with Gasteiger partial charge in [-0.3, -0.25) is 4.79 Å². The molecule has 234 valence electrons. The first-order chi connectivity index (χ1) is 20.8. The third-order valence-electron chi connectivity index (χ3n) is 8.47. The molecule has 0 aliphatic heterocycles. The van der Waals surface area contributed by atoms with Gasteiger partial charge in [-0.15, -0.1) is 0 Å². The lowest BCUT2D eigenvalue weighted by atomic mass is 9.48. The topological polar surface area (TPSA) is 104 Å². The van der Waals surface area contributed by atoms with Crippen molar-refractivity contribution in [3.63, 3.8) is 0 Å². The van der Waals surface area contributed by atoms with Crippen LogP contribution in [0.1, 0.15) is 38.5 Å². The van der Waals surface area contributed by atoms with Crippen LogP contribution in [0.3, 0.4) is 0 Å². The number of alkyl halides is 2. The Bertz CT molecular complexity index is 1480. The van der Waals surface area contributed by atoms with Crippen molar-refractivity contribution in [1.82, 2.24) is 0 Å². The van der Waals surface area contributed by atoms with Crippen molar-refractivity contribution in [2.45, 2.75) is 64.1 Å². The molecule has 4 fully saturated rings. The molecule has 6 nitrogen and oxygen atoms in total. The van der Waals surface area contributed by atoms with Gasteiger partial charge < -0.3 is 14.4 Å². The highest BCUT2D eigenvalue weighted by Gasteiger charge is 2.61. The quantitative estimate of drug-likeness (QED) is 0.167. The maximum Gasteiger partial charge on any atom is 0.384 e. The zero-order valence-corrected chi connectivity index (χ0v) is 25.4. The van der Waals surface area contributed by atoms with Crippen LogP contribution < -0.4 is 0 Å². The summed E-state index contributed by atoms with van der Waals surface area (Å²) in [6.45, 7) is -0.911. The van der Waals surface area contributed by atoms with E-state index in [9.17, 15) is 36.0 Å². The molecule has 0 saturated heterocycles. The number of esters is 1. The highest BCUT2D eigenvalue weighted by molar-refractivity contribution is 7.97. The van der Waals surface area contributed by atoms with Gasteiger partial charge in [0.05, 0.1) is 21.9 Å². The Morgan fingerprint density at radius 2 is 1.32 bits per heavy atom. The normalized spacial score (nSPS) is 26.2. The van der Waals surface area contributed by atoms with Crippen LogP contribution in [-0.4, -0.2) is 41.5 Å². The van der Waals surface area contributed by atoms with Gasteiger partial charge >= 0.3 is 11.2 Å². The first-order valence-corrected chi connectivity index (χ1v) is 16.9. The van der Waals surface area contributed by atoms with E-state index in [0.29, 0.717) is 25.7 Å². The number of hydrogen-bond acceptors (Lipinski definition) is 6. The summed E-state index contributed by atoms with van der Waals surface area (Å²) in [5.74, 6) is -2.79. The second-order valence-electron chi connectivity index (χ2n) is 11.8. The average molecular weight is 647 g/mol. The summed E-state index contributed by atoms with van der Waals surface area (Å²) in [4.78, 5) is 16.5. The molecular formula is C33H33F3O6S2. The van der Waals surface area contributed by atoms with Gasteiger partial charge in [-0.2, -0.15) is 8.78 Å². The zero-order valence-electron chi connectivity index (χ0n) is 23.8. The first-order valence-electron chi connectivity index (χ1n) is 14.3. The fourth-order valence-electron chi connectivity index (χ4n) is 7.11. The monoisotopic (exact) mass is 646 g/mol. The molecule has 2 unspecified atom stereocenters. The minimum Gasteiger partial charge on any atom is -0.743 e. The molecule has 0 aromatic heterocycles. The number of carbonyl (C=O) groups is 1. The highest BCUT2D eigenvalue weighted by Crippen LogP contribution is 2.62. The highest BCUT2D eigenvalue weighted by atomic mass is 32.2. The van der Waals surface area contributed by atoms with Crippen LogP contribution >= 0.6 is 0 Å². The second-order valence-corrected chi connectivity index (χ2v) is 15.3. The van der Waals surface area contributed by atoms with Gasteiger partial charge in [-0.25, -0.2) is 12.8 Å². The van der Waals surface area contributed by atoms with Gasteiger partial charge in [0.2, 0.25) is 0 Å². The fraction of sp³-hybridized carbons (Fsp3) is 0.364. The number of benzene rings is 3. The molecule has 3 aromatic rings. The van der Waals surface area contributed by atoms with Crippen LogP contribution in [0.4, 0.5) is 13.2 Å². The van der Waals surface area contributed by atoms with Crippen molar-refractivity contribution in [2.24, 2.45) is 17.3 Å². The van der Waals surface area contributed by atoms with Crippen molar-refractivity contribution in [3.05, 3.63) is 103 Å². The maximum absolute atomic E-state index is 13.3. The maximum atomic E-state index is 13.3. The third kappa shape index (κ3) is 6.91. The summed E-state index contributed by atoms with van der Waals surface area (Å²) in [6.07, 6.45) is 3.54. The number of aliphatic hydroxyl groups is 1. The van der Waals surface area contributed by atoms with Crippen LogP contribution in [0.15, 0.2) is 118 Å². The molecule has 0 heterocycles. The van der Waals surface area contributed by atoms with E-state index in [1.807, 2.05) is 0 Å². The molecule has 7 rings (SSSR count). The molecule has 2 atom stereocenters. The number of hydrogen-bond donors (Lipinski definition) is 1. The van der Waals surface area contributed by atoms with Gasteiger partial charge in [-0.05, 0) is 92.8 Å². The van der Waals surface area contributed by atoms with E-state index < -0.39 is 44.8 Å². The molecule has 0 amide bonds. The fourth-order valence-corrected chi connectivity index (χ4v) is 9.54. The predicted molar refractivity (Wildman–Crippen MR) is 158 cm³/mol. The molecule has 1 N–H and O–H groups in total. The van der Waals surface area contributed by atoms with Crippen LogP contribution in [-0.2, 0) is 30.5 Å². The third-order valence-corrected chi connectivity index (χ3v) is 11.5. The Balaban J connectivity index is 0.000000181. The molecule has 4 aliphatic carbocycles. The van der Waals surface area contributed by atoms with Gasteiger partial charge in [0.15, 0.2) is 30.6 Å². The van der Waals surface area contributed by atoms with Gasteiger partial charge in [-0.1, -0.05) is 54.6 Å². The molecule has 0 spiro atoms. The van der Waals surface area contributed by atoms with E-state index in [1.54, 1.807) is 0 Å². The van der Waals surface area contributed by atoms with E-state index in [2.05, 4.69) is 91.0 Å². The predicted octanol–water partition coefficient (Wildman–Crippen LogP) is 6.63. The van der Waals surface area contributed by atoms with Gasteiger partial charge in [0.25, 0.3) is 0 Å². The molecule has 4 aliphatic rings. The Morgan fingerprint density at radius 3 is 1.70 bits per heavy atom. The Kier molecular flexibility index (Phi) is 9.32. The SMILES string of the molecule is O=C(OCC=C(F)C(F)(F)S(=O)(=O)[O-])C12CC3CC(CC(O)(C3)C1)C2.c1ccc([S+](c2ccccc2)c2ccccc2)cc1. The van der Waals surface area contributed by atoms with E-state index in [0.717, 1.165) is 6.42 Å². The second kappa shape index (κ2) is 12.7. The Hall–Kier alpha value is -3.12. The van der Waals surface area contributed by atoms with Gasteiger partial charge in [0.1, 0.15) is 6.61 Å². The number of halogens is 3. The van der Waals surface area contributed by atoms with Crippen molar-refractivity contribution in [1.29, 1.82) is 0 Å². The zero-order chi connectivity index (χ0) is 31.6. The van der Waals surface area contributed by atoms with Gasteiger partial charge in [0, 0.05) is 0 Å². The van der Waals surface area contributed by atoms with Crippen molar-refractivity contribution in [2.75, 3.05) is 6.61 Å². The smallest absolute Gasteiger partial charge is 0.384 e. The molecule has 11 heteroatoms. The molecule has 4 saturated carbocycles. The first kappa shape index (κ1) is 32.3. The average Bonchev–Trinajstić information content (AvgIpc) is 2.97. The standard InChI is InChI=1S/C18H15S.C15H19F3O6S/c1-4-10-16(11-5-1)19(17-12-6-2-7-13-17)18-14-8-3-9-15-18;16-11(15(17,18)25(21,22)23)1-2-24-12(19)13-4-9-3-10(5-13)7-14(20,6-9)8-13/h1-15H;1,9-10,20H,2-8H2,(H,21,22,23)/q+1;/p-1. The Morgan fingerprint density at radius 1 is 0.886 bits per heavy atom. The van der Waals surface area contributed by atoms with Crippen LogP contribution in [0.25, 0.3) is 0 Å². The van der Waals surface area contributed by atoms with E-state index >= 15 is 0 Å². The van der Waals surface area contributed by atoms with E-state index in [-0.39, 0.29) is 35.2 Å². The minimum atomic E-state index is -6.20. The summed E-state index contributed by atoms with van der Waals surface area (Å²) in [5.41, 5.74) is -1.83. The van der Waals surface area contributed by atoms with Crippen LogP contribution in [0.5, 0.6) is 0 Å². The largest absolute Gasteiger partial charge is 0.743 e. The summed E-state index contributed by atoms with van der Waals surface area (Å²) in [5, 5.41) is 5.35. The summed E-state index contributed by atoms with van der Waals surface area (Å²) in [6, 6.07) is 32.2. The number of rotatable bonds is 8. The van der Waals surface area contributed by atoms with Crippen molar-refractivity contribution in [3.8, 4) is 0 Å². The lowest BCUT2D eigenvalue weighted by Crippen LogP contribution is -2.58. The summed E-state index contributed by atoms with van der Waals surface area (Å²) >= 11 is 0.